The number of carbonyl (C=O) groups excluding carboxylic acids is 3. The number of fused-ring (bicyclic) bond motifs is 1. The van der Waals surface area contributed by atoms with Gasteiger partial charge in [-0.1, -0.05) is 12.1 Å². The third-order valence-electron chi connectivity index (χ3n) is 4.74. The Morgan fingerprint density at radius 2 is 2.15 bits per heavy atom. The van der Waals surface area contributed by atoms with Crippen LogP contribution in [-0.2, 0) is 19.1 Å². The number of benzene rings is 1. The van der Waals surface area contributed by atoms with Crippen molar-refractivity contribution in [3.8, 4) is 0 Å². The van der Waals surface area contributed by atoms with Crippen molar-refractivity contribution in [2.45, 2.75) is 43.7 Å². The van der Waals surface area contributed by atoms with Gasteiger partial charge in [0.1, 0.15) is 11.7 Å². The number of hydrogen-bond acceptors (Lipinski definition) is 7. The predicted octanol–water partition coefficient (Wildman–Crippen LogP) is 1.92. The van der Waals surface area contributed by atoms with E-state index in [1.54, 1.807) is 11.0 Å². The monoisotopic (exact) mass is 393 g/mol. The van der Waals surface area contributed by atoms with Gasteiger partial charge >= 0.3 is 5.97 Å². The lowest BCUT2D eigenvalue weighted by molar-refractivity contribution is -0.383. The highest BCUT2D eigenvalue weighted by atomic mass is 32.2. The summed E-state index contributed by atoms with van der Waals surface area (Å²) >= 11 is 1.53. The van der Waals surface area contributed by atoms with Crippen LogP contribution in [0.4, 0.5) is 11.4 Å². The van der Waals surface area contributed by atoms with Gasteiger partial charge < -0.3 is 15.0 Å². The highest BCUT2D eigenvalue weighted by molar-refractivity contribution is 8.01. The maximum Gasteiger partial charge on any atom is 0.330 e. The van der Waals surface area contributed by atoms with Crippen LogP contribution in [0.2, 0.25) is 0 Å². The van der Waals surface area contributed by atoms with Crippen molar-refractivity contribution >= 4 is 40.9 Å². The average molecular weight is 393 g/mol. The molecule has 9 nitrogen and oxygen atoms in total. The van der Waals surface area contributed by atoms with Gasteiger partial charge in [0.2, 0.25) is 5.91 Å². The minimum atomic E-state index is -1.16. The minimum Gasteiger partial charge on any atom is -0.451 e. The lowest BCUT2D eigenvalue weighted by atomic mass is 10.2. The molecule has 1 aromatic carbocycles. The molecule has 3 rings (SSSR count). The molecule has 10 heteroatoms. The Morgan fingerprint density at radius 1 is 1.44 bits per heavy atom. The van der Waals surface area contributed by atoms with E-state index in [1.807, 2.05) is 6.92 Å². The molecule has 2 saturated heterocycles. The number of rotatable bonds is 5. The Bertz CT molecular complexity index is 816. The number of amides is 2. The van der Waals surface area contributed by atoms with Crippen LogP contribution in [0, 0.1) is 10.1 Å². The Morgan fingerprint density at radius 3 is 2.85 bits per heavy atom. The first-order valence-electron chi connectivity index (χ1n) is 8.44. The number of ether oxygens (including phenoxy) is 1. The summed E-state index contributed by atoms with van der Waals surface area (Å²) in [5, 5.41) is 13.4. The largest absolute Gasteiger partial charge is 0.451 e. The molecule has 0 aliphatic carbocycles. The third kappa shape index (κ3) is 3.61. The van der Waals surface area contributed by atoms with Gasteiger partial charge in [-0.2, -0.15) is 0 Å². The summed E-state index contributed by atoms with van der Waals surface area (Å²) in [5.41, 5.74) is -0.232. The Labute approximate surface area is 159 Å². The maximum atomic E-state index is 12.5. The number of thioether (sulfide) groups is 1. The van der Waals surface area contributed by atoms with E-state index >= 15 is 0 Å². The smallest absolute Gasteiger partial charge is 0.330 e. The van der Waals surface area contributed by atoms with E-state index in [0.717, 1.165) is 0 Å². The predicted molar refractivity (Wildman–Crippen MR) is 98.0 cm³/mol. The highest BCUT2D eigenvalue weighted by Crippen LogP contribution is 2.47. The molecule has 0 saturated carbocycles. The second-order valence-electron chi connectivity index (χ2n) is 6.61. The zero-order valence-corrected chi connectivity index (χ0v) is 15.7. The molecule has 0 unspecified atom stereocenters. The summed E-state index contributed by atoms with van der Waals surface area (Å²) in [7, 11) is 0. The normalized spacial score (nSPS) is 25.0. The van der Waals surface area contributed by atoms with E-state index in [2.05, 4.69) is 5.32 Å². The van der Waals surface area contributed by atoms with Crippen LogP contribution in [0.1, 0.15) is 26.7 Å². The van der Waals surface area contributed by atoms with Crippen molar-refractivity contribution in [1.29, 1.82) is 0 Å². The number of nitro benzene ring substituents is 1. The molecular formula is C17H19N3O6S. The molecule has 0 spiro atoms. The summed E-state index contributed by atoms with van der Waals surface area (Å²) < 4.78 is 5.24. The number of esters is 1. The molecule has 144 valence electrons. The number of nitrogens with zero attached hydrogens (tertiary/aromatic N) is 2. The fraction of sp³-hybridized carbons (Fsp3) is 0.471. The van der Waals surface area contributed by atoms with Crippen LogP contribution in [0.3, 0.4) is 0 Å². The van der Waals surface area contributed by atoms with Gasteiger partial charge in [-0.25, -0.2) is 4.79 Å². The first-order valence-corrected chi connectivity index (χ1v) is 9.42. The molecule has 2 aliphatic heterocycles. The van der Waals surface area contributed by atoms with Gasteiger partial charge in [-0.15, -0.1) is 11.8 Å². The summed E-state index contributed by atoms with van der Waals surface area (Å²) in [6.07, 6.45) is -0.0958. The summed E-state index contributed by atoms with van der Waals surface area (Å²) in [5.74, 6) is -1.01. The van der Waals surface area contributed by atoms with Crippen molar-refractivity contribution in [1.82, 2.24) is 4.90 Å². The second kappa shape index (κ2) is 7.18. The van der Waals surface area contributed by atoms with E-state index < -0.39 is 33.8 Å². The zero-order valence-electron chi connectivity index (χ0n) is 14.8. The quantitative estimate of drug-likeness (QED) is 0.461. The van der Waals surface area contributed by atoms with E-state index in [-0.39, 0.29) is 17.3 Å². The van der Waals surface area contributed by atoms with Crippen LogP contribution in [0.15, 0.2) is 24.3 Å². The average Bonchev–Trinajstić information content (AvgIpc) is 3.11. The number of anilines is 1. The van der Waals surface area contributed by atoms with Crippen LogP contribution in [0.25, 0.3) is 0 Å². The van der Waals surface area contributed by atoms with Gasteiger partial charge in [0.25, 0.3) is 11.6 Å². The first kappa shape index (κ1) is 19.2. The van der Waals surface area contributed by atoms with Crippen molar-refractivity contribution < 1.29 is 24.0 Å². The molecule has 0 aromatic heterocycles. The number of carbonyl (C=O) groups is 3. The topological polar surface area (TPSA) is 119 Å². The van der Waals surface area contributed by atoms with Gasteiger partial charge in [0.15, 0.2) is 6.10 Å². The fourth-order valence-electron chi connectivity index (χ4n) is 3.27. The molecule has 2 heterocycles. The Balaban J connectivity index is 1.64. The lowest BCUT2D eigenvalue weighted by Crippen LogP contribution is -2.48. The van der Waals surface area contributed by atoms with Crippen molar-refractivity contribution in [2.24, 2.45) is 0 Å². The van der Waals surface area contributed by atoms with Gasteiger partial charge in [-0.3, -0.25) is 19.7 Å². The molecule has 1 N–H and O–H groups in total. The second-order valence-corrected chi connectivity index (χ2v) is 8.11. The maximum absolute atomic E-state index is 12.5. The number of nitrogens with one attached hydrogen (secondary N) is 1. The SMILES string of the molecule is C[C@@H](OC(=O)[C@@H]1CS[C@@]2(C)CCC(=O)N12)C(=O)Nc1ccccc1[N+](=O)[O-]. The molecule has 0 bridgehead atoms. The summed E-state index contributed by atoms with van der Waals surface area (Å²) in [4.78, 5) is 48.5. The number of hydrogen-bond donors (Lipinski definition) is 1. The summed E-state index contributed by atoms with van der Waals surface area (Å²) in [6, 6.07) is 4.97. The molecule has 2 fully saturated rings. The minimum absolute atomic E-state index is 0.0223. The van der Waals surface area contributed by atoms with E-state index in [1.165, 1.54) is 36.9 Å². The first-order chi connectivity index (χ1) is 12.7. The van der Waals surface area contributed by atoms with Gasteiger partial charge in [0, 0.05) is 18.2 Å². The van der Waals surface area contributed by atoms with Gasteiger partial charge in [-0.05, 0) is 26.3 Å². The van der Waals surface area contributed by atoms with Crippen molar-refractivity contribution in [3.63, 3.8) is 0 Å². The van der Waals surface area contributed by atoms with E-state index in [9.17, 15) is 24.5 Å². The van der Waals surface area contributed by atoms with E-state index in [4.69, 9.17) is 4.74 Å². The molecule has 2 aliphatic rings. The van der Waals surface area contributed by atoms with Crippen LogP contribution >= 0.6 is 11.8 Å². The standard InChI is InChI=1S/C17H19N3O6S/c1-10(15(22)18-11-5-3-4-6-12(11)20(24)25)26-16(23)13-9-27-17(2)8-7-14(21)19(13)17/h3-6,10,13H,7-9H2,1-2H3,(H,18,22)/t10-,13+,17+/m1/s1. The van der Waals surface area contributed by atoms with Crippen molar-refractivity contribution in [2.75, 3.05) is 11.1 Å². The molecular weight excluding hydrogens is 374 g/mol. The van der Waals surface area contributed by atoms with E-state index in [0.29, 0.717) is 18.6 Å². The van der Waals surface area contributed by atoms with Crippen LogP contribution in [-0.4, -0.2) is 50.4 Å². The highest BCUT2D eigenvalue weighted by Gasteiger charge is 2.53. The number of para-hydroxylation sites is 2. The summed E-state index contributed by atoms with van der Waals surface area (Å²) in [6.45, 7) is 3.30. The number of nitro groups is 1. The van der Waals surface area contributed by atoms with Crippen LogP contribution < -0.4 is 5.32 Å². The van der Waals surface area contributed by atoms with Gasteiger partial charge in [0.05, 0.1) is 9.79 Å². The van der Waals surface area contributed by atoms with Crippen LogP contribution in [0.5, 0.6) is 0 Å². The third-order valence-corrected chi connectivity index (χ3v) is 6.24. The molecule has 27 heavy (non-hydrogen) atoms. The molecule has 0 radical (unpaired) electrons. The Kier molecular flexibility index (Phi) is 5.09. The molecule has 1 aromatic rings. The fourth-order valence-corrected chi connectivity index (χ4v) is 4.69. The molecule has 3 atom stereocenters. The zero-order chi connectivity index (χ0) is 19.8. The Hall–Kier alpha value is -2.62. The lowest BCUT2D eigenvalue weighted by Gasteiger charge is -2.29. The molecule has 2 amide bonds. The van der Waals surface area contributed by atoms with Crippen molar-refractivity contribution in [3.05, 3.63) is 34.4 Å².